The second kappa shape index (κ2) is 5.23. The SMILES string of the molecule is CC(C1CC1)n1cc(C=O)c(-c2cc(Cl)cc(Cl)c2)n1. The van der Waals surface area contributed by atoms with Gasteiger partial charge in [0, 0.05) is 21.8 Å². The molecule has 2 aromatic rings. The summed E-state index contributed by atoms with van der Waals surface area (Å²) in [5.74, 6) is 0.671. The minimum absolute atomic E-state index is 0.317. The average Bonchev–Trinajstić information content (AvgIpc) is 3.15. The minimum atomic E-state index is 0.317. The van der Waals surface area contributed by atoms with Crippen molar-refractivity contribution in [3.05, 3.63) is 40.0 Å². The van der Waals surface area contributed by atoms with Crippen LogP contribution in [-0.4, -0.2) is 16.1 Å². The second-order valence-electron chi connectivity index (χ2n) is 5.27. The van der Waals surface area contributed by atoms with Crippen molar-refractivity contribution in [3.8, 4) is 11.3 Å². The zero-order valence-corrected chi connectivity index (χ0v) is 12.5. The lowest BCUT2D eigenvalue weighted by molar-refractivity contribution is 0.112. The average molecular weight is 309 g/mol. The number of benzene rings is 1. The molecule has 5 heteroatoms. The summed E-state index contributed by atoms with van der Waals surface area (Å²) in [6, 6.07) is 5.53. The van der Waals surface area contributed by atoms with Crippen LogP contribution in [0.1, 0.15) is 36.2 Å². The number of hydrogen-bond donors (Lipinski definition) is 0. The molecule has 1 aromatic carbocycles. The van der Waals surface area contributed by atoms with Gasteiger partial charge >= 0.3 is 0 Å². The Balaban J connectivity index is 2.05. The standard InChI is InChI=1S/C15H14Cl2N2O/c1-9(10-2-3-10)19-7-12(8-20)15(18-19)11-4-13(16)6-14(17)5-11/h4-10H,2-3H2,1H3. The lowest BCUT2D eigenvalue weighted by Crippen LogP contribution is -2.07. The van der Waals surface area contributed by atoms with Gasteiger partial charge in [-0.2, -0.15) is 5.10 Å². The summed E-state index contributed by atoms with van der Waals surface area (Å²) in [5, 5.41) is 5.64. The smallest absolute Gasteiger partial charge is 0.153 e. The summed E-state index contributed by atoms with van der Waals surface area (Å²) < 4.78 is 1.88. The molecule has 20 heavy (non-hydrogen) atoms. The highest BCUT2D eigenvalue weighted by molar-refractivity contribution is 6.35. The van der Waals surface area contributed by atoms with Crippen LogP contribution in [0.25, 0.3) is 11.3 Å². The van der Waals surface area contributed by atoms with Crippen LogP contribution >= 0.6 is 23.2 Å². The highest BCUT2D eigenvalue weighted by atomic mass is 35.5. The van der Waals surface area contributed by atoms with E-state index < -0.39 is 0 Å². The first-order valence-corrected chi connectivity index (χ1v) is 7.35. The fraction of sp³-hybridized carbons (Fsp3) is 0.333. The highest BCUT2D eigenvalue weighted by Gasteiger charge is 2.30. The quantitative estimate of drug-likeness (QED) is 0.771. The molecule has 3 rings (SSSR count). The van der Waals surface area contributed by atoms with Gasteiger partial charge in [-0.3, -0.25) is 9.48 Å². The van der Waals surface area contributed by atoms with Gasteiger partial charge in [-0.15, -0.1) is 0 Å². The van der Waals surface area contributed by atoms with Gasteiger partial charge in [-0.1, -0.05) is 23.2 Å². The summed E-state index contributed by atoms with van der Waals surface area (Å²) in [4.78, 5) is 11.3. The molecule has 0 amide bonds. The molecule has 1 unspecified atom stereocenters. The topological polar surface area (TPSA) is 34.9 Å². The maximum atomic E-state index is 11.3. The molecule has 0 radical (unpaired) electrons. The van der Waals surface area contributed by atoms with Gasteiger partial charge in [0.05, 0.1) is 11.6 Å². The third-order valence-corrected chi connectivity index (χ3v) is 4.18. The lowest BCUT2D eigenvalue weighted by atomic mass is 10.1. The van der Waals surface area contributed by atoms with Crippen molar-refractivity contribution in [3.63, 3.8) is 0 Å². The van der Waals surface area contributed by atoms with E-state index in [2.05, 4.69) is 12.0 Å². The molecular weight excluding hydrogens is 295 g/mol. The van der Waals surface area contributed by atoms with E-state index >= 15 is 0 Å². The van der Waals surface area contributed by atoms with Crippen LogP contribution in [0.5, 0.6) is 0 Å². The van der Waals surface area contributed by atoms with Crippen molar-refractivity contribution >= 4 is 29.5 Å². The molecule has 1 aliphatic rings. The maximum absolute atomic E-state index is 11.3. The van der Waals surface area contributed by atoms with Crippen molar-refractivity contribution in [2.45, 2.75) is 25.8 Å². The number of hydrogen-bond acceptors (Lipinski definition) is 2. The predicted octanol–water partition coefficient (Wildman–Crippen LogP) is 4.64. The highest BCUT2D eigenvalue weighted by Crippen LogP contribution is 2.40. The summed E-state index contributed by atoms with van der Waals surface area (Å²) in [5.41, 5.74) is 1.97. The molecule has 0 bridgehead atoms. The summed E-state index contributed by atoms with van der Waals surface area (Å²) >= 11 is 12.0. The molecule has 0 N–H and O–H groups in total. The van der Waals surface area contributed by atoms with Gasteiger partial charge in [0.25, 0.3) is 0 Å². The molecule has 104 valence electrons. The van der Waals surface area contributed by atoms with Gasteiger partial charge in [0.2, 0.25) is 0 Å². The van der Waals surface area contributed by atoms with Gasteiger partial charge in [-0.05, 0) is 43.9 Å². The van der Waals surface area contributed by atoms with E-state index in [0.717, 1.165) is 11.8 Å². The second-order valence-corrected chi connectivity index (χ2v) is 6.14. The van der Waals surface area contributed by atoms with Gasteiger partial charge in [-0.25, -0.2) is 0 Å². The molecule has 1 aromatic heterocycles. The van der Waals surface area contributed by atoms with Crippen LogP contribution in [0.15, 0.2) is 24.4 Å². The van der Waals surface area contributed by atoms with E-state index in [1.807, 2.05) is 4.68 Å². The monoisotopic (exact) mass is 308 g/mol. The number of aromatic nitrogens is 2. The Morgan fingerprint density at radius 3 is 2.50 bits per heavy atom. The van der Waals surface area contributed by atoms with Crippen LogP contribution in [0.2, 0.25) is 10.0 Å². The number of carbonyl (C=O) groups excluding carboxylic acids is 1. The van der Waals surface area contributed by atoms with Crippen molar-refractivity contribution in [1.82, 2.24) is 9.78 Å². The van der Waals surface area contributed by atoms with Crippen LogP contribution in [0.3, 0.4) is 0 Å². The van der Waals surface area contributed by atoms with E-state index in [4.69, 9.17) is 23.2 Å². The van der Waals surface area contributed by atoms with Crippen molar-refractivity contribution in [2.75, 3.05) is 0 Å². The van der Waals surface area contributed by atoms with Crippen molar-refractivity contribution < 1.29 is 4.79 Å². The molecular formula is C15H14Cl2N2O. The summed E-state index contributed by atoms with van der Waals surface area (Å²) in [6.07, 6.45) is 5.10. The molecule has 0 spiro atoms. The normalized spacial score (nSPS) is 16.1. The molecule has 1 heterocycles. The Morgan fingerprint density at radius 1 is 1.30 bits per heavy atom. The Bertz CT molecular complexity index is 642. The molecule has 1 saturated carbocycles. The Morgan fingerprint density at radius 2 is 1.95 bits per heavy atom. The third kappa shape index (κ3) is 2.60. The zero-order valence-electron chi connectivity index (χ0n) is 11.0. The van der Waals surface area contributed by atoms with Crippen LogP contribution in [-0.2, 0) is 0 Å². The number of carbonyl (C=O) groups is 1. The van der Waals surface area contributed by atoms with Crippen molar-refractivity contribution in [1.29, 1.82) is 0 Å². The van der Waals surface area contributed by atoms with E-state index in [0.29, 0.717) is 33.3 Å². The van der Waals surface area contributed by atoms with E-state index in [1.54, 1.807) is 24.4 Å². The number of nitrogens with zero attached hydrogens (tertiary/aromatic N) is 2. The fourth-order valence-corrected chi connectivity index (χ4v) is 2.94. The minimum Gasteiger partial charge on any atom is -0.298 e. The Hall–Kier alpha value is -1.32. The zero-order chi connectivity index (χ0) is 14.3. The molecule has 0 saturated heterocycles. The van der Waals surface area contributed by atoms with Crippen LogP contribution in [0, 0.1) is 5.92 Å². The number of halogens is 2. The van der Waals surface area contributed by atoms with Crippen molar-refractivity contribution in [2.24, 2.45) is 5.92 Å². The first-order chi connectivity index (χ1) is 9.58. The van der Waals surface area contributed by atoms with Crippen LogP contribution in [0.4, 0.5) is 0 Å². The Labute approximate surface area is 127 Å². The first kappa shape index (κ1) is 13.7. The third-order valence-electron chi connectivity index (χ3n) is 3.74. The number of aldehydes is 1. The Kier molecular flexibility index (Phi) is 3.57. The molecule has 0 aliphatic heterocycles. The lowest BCUT2D eigenvalue weighted by Gasteiger charge is -2.09. The van der Waals surface area contributed by atoms with Gasteiger partial charge < -0.3 is 0 Å². The van der Waals surface area contributed by atoms with Crippen LogP contribution < -0.4 is 0 Å². The molecule has 1 atom stereocenters. The van der Waals surface area contributed by atoms with E-state index in [-0.39, 0.29) is 0 Å². The van der Waals surface area contributed by atoms with Gasteiger partial charge in [0.15, 0.2) is 6.29 Å². The maximum Gasteiger partial charge on any atom is 0.153 e. The van der Waals surface area contributed by atoms with E-state index in [1.165, 1.54) is 12.8 Å². The number of rotatable bonds is 4. The van der Waals surface area contributed by atoms with Gasteiger partial charge in [0.1, 0.15) is 5.69 Å². The molecule has 1 aliphatic carbocycles. The fourth-order valence-electron chi connectivity index (χ4n) is 2.41. The molecule has 3 nitrogen and oxygen atoms in total. The predicted molar refractivity (Wildman–Crippen MR) is 80.5 cm³/mol. The summed E-state index contributed by atoms with van der Waals surface area (Å²) in [6.45, 7) is 2.13. The largest absolute Gasteiger partial charge is 0.298 e. The first-order valence-electron chi connectivity index (χ1n) is 6.59. The summed E-state index contributed by atoms with van der Waals surface area (Å²) in [7, 11) is 0. The van der Waals surface area contributed by atoms with E-state index in [9.17, 15) is 4.79 Å². The molecule has 1 fully saturated rings.